The number of H-pyrrole nitrogens is 1. The van der Waals surface area contributed by atoms with Crippen molar-refractivity contribution in [3.63, 3.8) is 0 Å². The van der Waals surface area contributed by atoms with Gasteiger partial charge in [-0.25, -0.2) is 19.0 Å². The van der Waals surface area contributed by atoms with E-state index in [9.17, 15) is 4.39 Å². The van der Waals surface area contributed by atoms with E-state index in [2.05, 4.69) is 15.1 Å². The van der Waals surface area contributed by atoms with Crippen molar-refractivity contribution in [2.45, 2.75) is 6.29 Å². The van der Waals surface area contributed by atoms with E-state index >= 15 is 0 Å². The zero-order valence-corrected chi connectivity index (χ0v) is 14.9. The largest absolute Gasteiger partial charge is 0.305 e. The number of hydrogen-bond donors (Lipinski definition) is 1. The van der Waals surface area contributed by atoms with Crippen LogP contribution in [0.2, 0.25) is 10.0 Å². The number of anilines is 1. The fourth-order valence-electron chi connectivity index (χ4n) is 2.65. The molecule has 0 saturated carbocycles. The van der Waals surface area contributed by atoms with Crippen molar-refractivity contribution in [2.24, 2.45) is 4.99 Å². The molecular formula is C16H10Cl2FN5S. The molecule has 3 aromatic rings. The summed E-state index contributed by atoms with van der Waals surface area (Å²) in [5.41, 5.74) is 0.659. The summed E-state index contributed by atoms with van der Waals surface area (Å²) >= 11 is 17.6. The summed E-state index contributed by atoms with van der Waals surface area (Å²) in [5.74, 6) is -0.344. The minimum Gasteiger partial charge on any atom is -0.305 e. The predicted molar refractivity (Wildman–Crippen MR) is 97.0 cm³/mol. The van der Waals surface area contributed by atoms with E-state index in [1.807, 2.05) is 0 Å². The Morgan fingerprint density at radius 1 is 1.16 bits per heavy atom. The first-order valence-electron chi connectivity index (χ1n) is 7.23. The summed E-state index contributed by atoms with van der Waals surface area (Å²) in [4.78, 5) is 10.5. The second kappa shape index (κ2) is 6.25. The molecule has 0 amide bonds. The maximum absolute atomic E-state index is 13.6. The van der Waals surface area contributed by atoms with Crippen molar-refractivity contribution in [3.05, 3.63) is 73.9 Å². The highest BCUT2D eigenvalue weighted by Gasteiger charge is 2.24. The number of fused-ring (bicyclic) bond motifs is 1. The first-order valence-corrected chi connectivity index (χ1v) is 8.40. The molecule has 126 valence electrons. The molecule has 0 bridgehead atoms. The quantitative estimate of drug-likeness (QED) is 0.678. The van der Waals surface area contributed by atoms with Crippen LogP contribution in [0.15, 0.2) is 47.7 Å². The van der Waals surface area contributed by atoms with Gasteiger partial charge in [-0.05, 0) is 48.6 Å². The third-order valence-electron chi connectivity index (χ3n) is 3.77. The molecule has 1 aromatic heterocycles. The predicted octanol–water partition coefficient (Wildman–Crippen LogP) is 3.42. The van der Waals surface area contributed by atoms with Crippen LogP contribution in [-0.2, 0) is 0 Å². The molecule has 2 heterocycles. The van der Waals surface area contributed by atoms with E-state index in [1.165, 1.54) is 18.5 Å². The topological polar surface area (TPSA) is 49.2 Å². The van der Waals surface area contributed by atoms with Crippen molar-refractivity contribution in [3.8, 4) is 0 Å². The Morgan fingerprint density at radius 3 is 2.72 bits per heavy atom. The first kappa shape index (κ1) is 16.3. The van der Waals surface area contributed by atoms with Crippen molar-refractivity contribution >= 4 is 47.3 Å². The lowest BCUT2D eigenvalue weighted by Crippen LogP contribution is -2.40. The molecule has 0 fully saturated rings. The zero-order valence-electron chi connectivity index (χ0n) is 12.5. The maximum Gasteiger partial charge on any atom is 0.223 e. The Labute approximate surface area is 156 Å². The van der Waals surface area contributed by atoms with Crippen LogP contribution in [0.3, 0.4) is 0 Å². The van der Waals surface area contributed by atoms with Gasteiger partial charge in [0.05, 0.1) is 16.1 Å². The molecule has 25 heavy (non-hydrogen) atoms. The third-order valence-corrected chi connectivity index (χ3v) is 4.61. The minimum absolute atomic E-state index is 0.336. The van der Waals surface area contributed by atoms with Gasteiger partial charge in [-0.2, -0.15) is 0 Å². The Bertz CT molecular complexity index is 1140. The lowest BCUT2D eigenvalue weighted by Gasteiger charge is -2.30. The first-order chi connectivity index (χ1) is 12.0. The van der Waals surface area contributed by atoms with Crippen LogP contribution in [0, 0.1) is 10.6 Å². The number of aromatic nitrogens is 3. The lowest BCUT2D eigenvalue weighted by molar-refractivity contribution is 0.462. The Balaban J connectivity index is 1.98. The van der Waals surface area contributed by atoms with Crippen molar-refractivity contribution in [2.75, 3.05) is 4.90 Å². The summed E-state index contributed by atoms with van der Waals surface area (Å²) in [6.07, 6.45) is 2.68. The molecule has 1 unspecified atom stereocenters. The monoisotopic (exact) mass is 393 g/mol. The number of halogens is 3. The molecule has 1 atom stereocenters. The fraction of sp³-hybridized carbons (Fsp3) is 0.0625. The number of benzene rings is 2. The molecule has 4 rings (SSSR count). The molecule has 0 aliphatic carbocycles. The van der Waals surface area contributed by atoms with Crippen LogP contribution < -0.4 is 15.5 Å². The number of nitrogens with zero attached hydrogens (tertiary/aromatic N) is 4. The van der Waals surface area contributed by atoms with E-state index in [4.69, 9.17) is 35.4 Å². The molecule has 1 aliphatic rings. The number of aromatic amines is 1. The fourth-order valence-corrected chi connectivity index (χ4v) is 3.35. The van der Waals surface area contributed by atoms with Gasteiger partial charge in [0.2, 0.25) is 11.1 Å². The Hall–Kier alpha value is -2.22. The summed E-state index contributed by atoms with van der Waals surface area (Å²) in [7, 11) is 0. The molecule has 1 N–H and O–H groups in total. The SMILES string of the molecule is Fc1ccc2c(c1)=CN(c1ccc(Cl)cc1Cl)C(n1[nH]cnc1=S)N=2. The summed E-state index contributed by atoms with van der Waals surface area (Å²) < 4.78 is 15.6. The van der Waals surface area contributed by atoms with E-state index in [1.54, 1.807) is 40.0 Å². The van der Waals surface area contributed by atoms with Crippen LogP contribution in [0.1, 0.15) is 6.29 Å². The van der Waals surface area contributed by atoms with E-state index in [-0.39, 0.29) is 5.82 Å². The normalized spacial score (nSPS) is 16.1. The summed E-state index contributed by atoms with van der Waals surface area (Å²) in [6.45, 7) is 0. The van der Waals surface area contributed by atoms with Crippen LogP contribution in [0.4, 0.5) is 10.1 Å². The summed E-state index contributed by atoms with van der Waals surface area (Å²) in [5, 5.41) is 5.18. The molecule has 0 spiro atoms. The van der Waals surface area contributed by atoms with Gasteiger partial charge in [0.1, 0.15) is 12.1 Å². The van der Waals surface area contributed by atoms with Gasteiger partial charge in [-0.3, -0.25) is 5.10 Å². The summed E-state index contributed by atoms with van der Waals surface area (Å²) in [6, 6.07) is 9.53. The van der Waals surface area contributed by atoms with Gasteiger partial charge >= 0.3 is 0 Å². The molecule has 9 heteroatoms. The van der Waals surface area contributed by atoms with E-state index in [0.29, 0.717) is 31.1 Å². The molecule has 1 aliphatic heterocycles. The zero-order chi connectivity index (χ0) is 17.6. The third kappa shape index (κ3) is 2.95. The highest BCUT2D eigenvalue weighted by atomic mass is 35.5. The minimum atomic E-state index is -0.577. The second-order valence-electron chi connectivity index (χ2n) is 5.35. The van der Waals surface area contributed by atoms with Crippen LogP contribution in [0.5, 0.6) is 0 Å². The number of hydrogen-bond acceptors (Lipinski definition) is 4. The lowest BCUT2D eigenvalue weighted by atomic mass is 10.2. The van der Waals surface area contributed by atoms with Crippen LogP contribution in [0.25, 0.3) is 6.20 Å². The maximum atomic E-state index is 13.6. The van der Waals surface area contributed by atoms with Crippen molar-refractivity contribution in [1.82, 2.24) is 14.8 Å². The van der Waals surface area contributed by atoms with Gasteiger partial charge in [-0.1, -0.05) is 23.2 Å². The highest BCUT2D eigenvalue weighted by molar-refractivity contribution is 7.71. The van der Waals surface area contributed by atoms with Gasteiger partial charge in [0, 0.05) is 16.4 Å². The van der Waals surface area contributed by atoms with Crippen LogP contribution >= 0.6 is 35.4 Å². The van der Waals surface area contributed by atoms with Crippen molar-refractivity contribution in [1.29, 1.82) is 0 Å². The van der Waals surface area contributed by atoms with Crippen molar-refractivity contribution < 1.29 is 4.39 Å². The molecular weight excluding hydrogens is 384 g/mol. The molecule has 0 saturated heterocycles. The highest BCUT2D eigenvalue weighted by Crippen LogP contribution is 2.33. The average Bonchev–Trinajstić information content (AvgIpc) is 2.99. The Kier molecular flexibility index (Phi) is 4.07. The van der Waals surface area contributed by atoms with Gasteiger partial charge in [0.25, 0.3) is 0 Å². The molecule has 2 aromatic carbocycles. The number of nitrogens with one attached hydrogen (secondary N) is 1. The van der Waals surface area contributed by atoms with Gasteiger partial charge in [0.15, 0.2) is 0 Å². The standard InChI is InChI=1S/C16H10Cl2FN5S/c17-10-1-4-14(12(18)6-10)23-7-9-5-11(19)2-3-13(9)22-15(23)24-16(25)20-8-21-24/h1-8,15H,(H,20,21,25). The molecule has 5 nitrogen and oxygen atoms in total. The molecule has 0 radical (unpaired) electrons. The smallest absolute Gasteiger partial charge is 0.223 e. The average molecular weight is 394 g/mol. The Morgan fingerprint density at radius 2 is 2.00 bits per heavy atom. The van der Waals surface area contributed by atoms with E-state index in [0.717, 1.165) is 0 Å². The number of rotatable bonds is 2. The van der Waals surface area contributed by atoms with Gasteiger partial charge in [-0.15, -0.1) is 0 Å². The van der Waals surface area contributed by atoms with Gasteiger partial charge < -0.3 is 4.90 Å². The van der Waals surface area contributed by atoms with Crippen LogP contribution in [-0.4, -0.2) is 14.8 Å². The second-order valence-corrected chi connectivity index (χ2v) is 6.56. The van der Waals surface area contributed by atoms with E-state index < -0.39 is 6.29 Å².